The monoisotopic (exact) mass is 352 g/mol. The summed E-state index contributed by atoms with van der Waals surface area (Å²) in [5.41, 5.74) is 0.777. The van der Waals surface area contributed by atoms with Gasteiger partial charge in [0.25, 0.3) is 0 Å². The molecule has 2 fully saturated rings. The average Bonchev–Trinajstić information content (AvgIpc) is 2.93. The van der Waals surface area contributed by atoms with Crippen molar-refractivity contribution in [3.8, 4) is 0 Å². The zero-order valence-electron chi connectivity index (χ0n) is 13.3. The van der Waals surface area contributed by atoms with Crippen LogP contribution in [0.3, 0.4) is 0 Å². The lowest BCUT2D eigenvalue weighted by molar-refractivity contribution is 0.407. The van der Waals surface area contributed by atoms with Crippen molar-refractivity contribution in [3.63, 3.8) is 0 Å². The van der Waals surface area contributed by atoms with Gasteiger partial charge in [0.2, 0.25) is 23.8 Å². The highest BCUT2D eigenvalue weighted by molar-refractivity contribution is 5.57. The van der Waals surface area contributed by atoms with Crippen LogP contribution in [0, 0.1) is 23.8 Å². The Morgan fingerprint density at radius 1 is 0.680 bits per heavy atom. The molecule has 2 aromatic rings. The van der Waals surface area contributed by atoms with Crippen molar-refractivity contribution in [2.24, 2.45) is 0 Å². The second-order valence-corrected chi connectivity index (χ2v) is 6.44. The minimum Gasteiger partial charge on any atom is -0.348 e. The summed E-state index contributed by atoms with van der Waals surface area (Å²) in [6.07, 6.45) is 3.70. The van der Waals surface area contributed by atoms with E-state index in [-0.39, 0.29) is 12.1 Å². The zero-order chi connectivity index (χ0) is 17.6. The van der Waals surface area contributed by atoms with Crippen molar-refractivity contribution in [1.82, 2.24) is 9.97 Å². The maximum atomic E-state index is 13.5. The molecule has 1 aliphatic heterocycles. The topological polar surface area (TPSA) is 32.3 Å². The van der Waals surface area contributed by atoms with E-state index in [4.69, 9.17) is 0 Å². The summed E-state index contributed by atoms with van der Waals surface area (Å²) >= 11 is 0. The zero-order valence-corrected chi connectivity index (χ0v) is 13.3. The Hall–Kier alpha value is -2.38. The first kappa shape index (κ1) is 16.1. The molecule has 0 amide bonds. The Balaban J connectivity index is 1.72. The molecule has 2 aromatic heterocycles. The minimum absolute atomic E-state index is 0.0224. The number of hydrogen-bond acceptors (Lipinski definition) is 4. The summed E-state index contributed by atoms with van der Waals surface area (Å²) in [4.78, 5) is 10.0. The van der Waals surface area contributed by atoms with Gasteiger partial charge < -0.3 is 9.80 Å². The minimum atomic E-state index is -0.887. The van der Waals surface area contributed by atoms with Gasteiger partial charge >= 0.3 is 0 Å². The van der Waals surface area contributed by atoms with Crippen molar-refractivity contribution < 1.29 is 17.6 Å². The molecule has 1 aliphatic carbocycles. The smallest absolute Gasteiger partial charge is 0.217 e. The van der Waals surface area contributed by atoms with Gasteiger partial charge in [-0.05, 0) is 12.8 Å². The maximum Gasteiger partial charge on any atom is 0.217 e. The molecular formula is C17H16F4N4. The van der Waals surface area contributed by atoms with E-state index in [1.807, 2.05) is 9.80 Å². The van der Waals surface area contributed by atoms with E-state index < -0.39 is 23.8 Å². The van der Waals surface area contributed by atoms with Gasteiger partial charge in [-0.2, -0.15) is 27.5 Å². The fourth-order valence-corrected chi connectivity index (χ4v) is 3.98. The van der Waals surface area contributed by atoms with Crippen molar-refractivity contribution >= 4 is 11.4 Å². The summed E-state index contributed by atoms with van der Waals surface area (Å²) in [5.74, 6) is -3.55. The van der Waals surface area contributed by atoms with Gasteiger partial charge in [0.05, 0.1) is 18.8 Å². The molecule has 0 spiro atoms. The Kier molecular flexibility index (Phi) is 3.97. The Morgan fingerprint density at radius 3 is 1.40 bits per heavy atom. The van der Waals surface area contributed by atoms with Crippen LogP contribution in [0.5, 0.6) is 0 Å². The molecule has 1 saturated carbocycles. The predicted octanol–water partition coefficient (Wildman–Crippen LogP) is 3.63. The molecule has 0 N–H and O–H groups in total. The van der Waals surface area contributed by atoms with E-state index >= 15 is 0 Å². The van der Waals surface area contributed by atoms with E-state index in [0.717, 1.165) is 25.7 Å². The molecule has 132 valence electrons. The second kappa shape index (κ2) is 6.16. The first-order chi connectivity index (χ1) is 12.0. The van der Waals surface area contributed by atoms with Crippen molar-refractivity contribution in [2.45, 2.75) is 37.8 Å². The molecule has 4 rings (SSSR count). The van der Waals surface area contributed by atoms with Gasteiger partial charge in [-0.15, -0.1) is 0 Å². The van der Waals surface area contributed by atoms with Crippen LogP contribution in [-0.4, -0.2) is 28.7 Å². The van der Waals surface area contributed by atoms with Crippen LogP contribution < -0.4 is 9.80 Å². The lowest BCUT2D eigenvalue weighted by atomic mass is 9.90. The summed E-state index contributed by atoms with van der Waals surface area (Å²) in [6, 6.07) is 4.79. The lowest BCUT2D eigenvalue weighted by Gasteiger charge is -2.33. The number of nitrogens with zero attached hydrogens (tertiary/aromatic N) is 4. The highest BCUT2D eigenvalue weighted by Gasteiger charge is 2.42. The van der Waals surface area contributed by atoms with Gasteiger partial charge in [-0.3, -0.25) is 0 Å². The quantitative estimate of drug-likeness (QED) is 0.610. The molecule has 3 heterocycles. The van der Waals surface area contributed by atoms with Gasteiger partial charge in [-0.25, -0.2) is 0 Å². The first-order valence-electron chi connectivity index (χ1n) is 8.21. The average molecular weight is 352 g/mol. The molecule has 0 bridgehead atoms. The molecule has 2 atom stereocenters. The van der Waals surface area contributed by atoms with Crippen LogP contribution in [0.2, 0.25) is 0 Å². The van der Waals surface area contributed by atoms with Gasteiger partial charge in [0.15, 0.2) is 0 Å². The van der Waals surface area contributed by atoms with E-state index in [1.54, 1.807) is 0 Å². The third-order valence-electron chi connectivity index (χ3n) is 4.96. The molecular weight excluding hydrogens is 336 g/mol. The Labute approximate surface area is 142 Å². The largest absolute Gasteiger partial charge is 0.348 e. The lowest BCUT2D eigenvalue weighted by Crippen LogP contribution is -2.40. The van der Waals surface area contributed by atoms with Crippen LogP contribution in [0.25, 0.3) is 0 Å². The van der Waals surface area contributed by atoms with E-state index in [2.05, 4.69) is 9.97 Å². The Bertz CT molecular complexity index is 694. The van der Waals surface area contributed by atoms with Crippen LogP contribution in [0.1, 0.15) is 25.7 Å². The molecule has 0 radical (unpaired) electrons. The van der Waals surface area contributed by atoms with Gasteiger partial charge in [0, 0.05) is 35.6 Å². The van der Waals surface area contributed by atoms with Crippen LogP contribution in [0.4, 0.5) is 28.9 Å². The maximum absolute atomic E-state index is 13.5. The van der Waals surface area contributed by atoms with Crippen LogP contribution in [0.15, 0.2) is 24.3 Å². The number of halogens is 4. The normalized spacial score (nSPS) is 23.0. The number of hydrogen-bond donors (Lipinski definition) is 0. The summed E-state index contributed by atoms with van der Waals surface area (Å²) < 4.78 is 54.1. The summed E-state index contributed by atoms with van der Waals surface area (Å²) in [5, 5.41) is 0. The number of pyridine rings is 2. The van der Waals surface area contributed by atoms with Gasteiger partial charge in [-0.1, -0.05) is 12.8 Å². The predicted molar refractivity (Wildman–Crippen MR) is 84.2 cm³/mol. The molecule has 2 aliphatic rings. The molecule has 0 unspecified atom stereocenters. The number of anilines is 2. The number of rotatable bonds is 2. The van der Waals surface area contributed by atoms with Gasteiger partial charge in [0.1, 0.15) is 0 Å². The first-order valence-corrected chi connectivity index (χ1v) is 8.21. The molecule has 0 aromatic carbocycles. The standard InChI is InChI=1S/C17H16F4N4/c18-14-5-10(6-15(19)22-14)24-9-25(13-4-2-1-3-12(13)24)11-7-16(20)23-17(21)8-11/h5-8,12-13H,1-4,9H2/t12-,13-/m1/s1. The van der Waals surface area contributed by atoms with Crippen LogP contribution >= 0.6 is 0 Å². The highest BCUT2D eigenvalue weighted by Crippen LogP contribution is 2.38. The third-order valence-corrected chi connectivity index (χ3v) is 4.96. The Morgan fingerprint density at radius 2 is 1.04 bits per heavy atom. The number of aromatic nitrogens is 2. The fourth-order valence-electron chi connectivity index (χ4n) is 3.98. The van der Waals surface area contributed by atoms with E-state index in [9.17, 15) is 17.6 Å². The van der Waals surface area contributed by atoms with E-state index in [0.29, 0.717) is 18.0 Å². The molecule has 25 heavy (non-hydrogen) atoms. The highest BCUT2D eigenvalue weighted by atomic mass is 19.1. The third kappa shape index (κ3) is 3.01. The van der Waals surface area contributed by atoms with Crippen molar-refractivity contribution in [1.29, 1.82) is 0 Å². The SMILES string of the molecule is Fc1cc(N2CN(c3cc(F)nc(F)c3)[C@@H]3CCCC[C@H]32)cc(F)n1. The van der Waals surface area contributed by atoms with Crippen LogP contribution in [-0.2, 0) is 0 Å². The van der Waals surface area contributed by atoms with Crippen molar-refractivity contribution in [3.05, 3.63) is 48.1 Å². The molecule has 8 heteroatoms. The number of fused-ring (bicyclic) bond motifs is 1. The van der Waals surface area contributed by atoms with E-state index in [1.165, 1.54) is 24.3 Å². The van der Waals surface area contributed by atoms with Crippen molar-refractivity contribution in [2.75, 3.05) is 16.5 Å². The molecule has 1 saturated heterocycles. The fraction of sp³-hybridized carbons (Fsp3) is 0.412. The second-order valence-electron chi connectivity index (χ2n) is 6.44. The summed E-state index contributed by atoms with van der Waals surface area (Å²) in [6.45, 7) is 0.293. The molecule has 4 nitrogen and oxygen atoms in total. The summed E-state index contributed by atoms with van der Waals surface area (Å²) in [7, 11) is 0.